The van der Waals surface area contributed by atoms with Gasteiger partial charge in [0.15, 0.2) is 18.2 Å². The molecular weight excluding hydrogens is 496 g/mol. The lowest BCUT2D eigenvalue weighted by atomic mass is 9.88. The first-order valence-electron chi connectivity index (χ1n) is 13.6. The Morgan fingerprint density at radius 2 is 1.31 bits per heavy atom. The SMILES string of the molecule is CC1(C)O[C@H]2O[C@@H]3[C@H](OCc4ccccc4)[C@H](COCc4ccccc4)CO[C@]3(OCc3ccccc3)[C@H]2O1. The van der Waals surface area contributed by atoms with Crippen LogP contribution in [0.15, 0.2) is 91.0 Å². The predicted molar refractivity (Wildman–Crippen MR) is 143 cm³/mol. The number of hydrogen-bond donors (Lipinski definition) is 0. The van der Waals surface area contributed by atoms with Gasteiger partial charge in [0.2, 0.25) is 5.79 Å². The van der Waals surface area contributed by atoms with Crippen molar-refractivity contribution in [3.05, 3.63) is 108 Å². The molecule has 0 aromatic heterocycles. The van der Waals surface area contributed by atoms with E-state index in [2.05, 4.69) is 24.3 Å². The Balaban J connectivity index is 1.25. The van der Waals surface area contributed by atoms with Gasteiger partial charge < -0.3 is 33.2 Å². The molecule has 3 aromatic rings. The van der Waals surface area contributed by atoms with Crippen molar-refractivity contribution in [3.63, 3.8) is 0 Å². The van der Waals surface area contributed by atoms with E-state index in [0.29, 0.717) is 33.0 Å². The summed E-state index contributed by atoms with van der Waals surface area (Å²) in [4.78, 5) is 0. The van der Waals surface area contributed by atoms with Gasteiger partial charge in [0.1, 0.15) is 6.10 Å². The summed E-state index contributed by atoms with van der Waals surface area (Å²) in [7, 11) is 0. The maximum Gasteiger partial charge on any atom is 0.230 e. The van der Waals surface area contributed by atoms with E-state index in [1.807, 2.05) is 80.6 Å². The summed E-state index contributed by atoms with van der Waals surface area (Å²) in [5.74, 6) is -2.09. The van der Waals surface area contributed by atoms with Crippen molar-refractivity contribution < 1.29 is 33.2 Å². The van der Waals surface area contributed by atoms with Crippen LogP contribution in [0.25, 0.3) is 0 Å². The van der Waals surface area contributed by atoms with Crippen LogP contribution in [0.4, 0.5) is 0 Å². The lowest BCUT2D eigenvalue weighted by Gasteiger charge is -2.47. The Morgan fingerprint density at radius 1 is 0.718 bits per heavy atom. The van der Waals surface area contributed by atoms with Crippen LogP contribution in [0.1, 0.15) is 30.5 Å². The van der Waals surface area contributed by atoms with E-state index in [4.69, 9.17) is 33.2 Å². The first kappa shape index (κ1) is 26.6. The van der Waals surface area contributed by atoms with Crippen LogP contribution < -0.4 is 0 Å². The van der Waals surface area contributed by atoms with Crippen molar-refractivity contribution >= 4 is 0 Å². The molecule has 3 aromatic carbocycles. The van der Waals surface area contributed by atoms with E-state index in [0.717, 1.165) is 16.7 Å². The highest BCUT2D eigenvalue weighted by molar-refractivity contribution is 5.16. The van der Waals surface area contributed by atoms with Gasteiger partial charge in [-0.2, -0.15) is 0 Å². The number of benzene rings is 3. The van der Waals surface area contributed by atoms with Gasteiger partial charge in [-0.15, -0.1) is 0 Å². The zero-order chi connectivity index (χ0) is 26.7. The molecule has 206 valence electrons. The minimum atomic E-state index is -1.19. The molecule has 7 nitrogen and oxygen atoms in total. The van der Waals surface area contributed by atoms with E-state index in [1.54, 1.807) is 0 Å². The summed E-state index contributed by atoms with van der Waals surface area (Å²) in [6.45, 7) is 5.85. The summed E-state index contributed by atoms with van der Waals surface area (Å²) in [6.07, 6.45) is -2.13. The molecule has 3 aliphatic rings. The zero-order valence-corrected chi connectivity index (χ0v) is 22.4. The van der Waals surface area contributed by atoms with E-state index in [1.165, 1.54) is 0 Å². The number of ether oxygens (including phenoxy) is 7. The highest BCUT2D eigenvalue weighted by Gasteiger charge is 2.70. The standard InChI is InChI=1S/C32H36O7/c1-31(2)38-29-30(39-31)37-28-27(34-19-24-14-8-4-9-15-24)26(21-33-18-23-12-6-3-7-13-23)22-36-32(28,29)35-20-25-16-10-5-11-17-25/h3-17,26-30H,18-22H2,1-2H3/t26-,27-,28-,29+,30-,32+/m1/s1. The molecule has 0 saturated carbocycles. The average Bonchev–Trinajstić information content (AvgIpc) is 3.43. The van der Waals surface area contributed by atoms with Crippen molar-refractivity contribution in [1.29, 1.82) is 0 Å². The maximum atomic E-state index is 6.62. The Kier molecular flexibility index (Phi) is 7.82. The van der Waals surface area contributed by atoms with Crippen LogP contribution in [0, 0.1) is 5.92 Å². The molecule has 3 heterocycles. The summed E-state index contributed by atoms with van der Waals surface area (Å²) in [6, 6.07) is 30.3. The summed E-state index contributed by atoms with van der Waals surface area (Å²) >= 11 is 0. The summed E-state index contributed by atoms with van der Waals surface area (Å²) in [5.41, 5.74) is 3.23. The molecule has 3 fully saturated rings. The van der Waals surface area contributed by atoms with Gasteiger partial charge in [0, 0.05) is 5.92 Å². The molecule has 3 aliphatic heterocycles. The fourth-order valence-electron chi connectivity index (χ4n) is 5.56. The minimum absolute atomic E-state index is 0.0808. The Labute approximate surface area is 229 Å². The Bertz CT molecular complexity index is 1190. The molecule has 39 heavy (non-hydrogen) atoms. The van der Waals surface area contributed by atoms with E-state index in [-0.39, 0.29) is 12.0 Å². The fourth-order valence-corrected chi connectivity index (χ4v) is 5.56. The Hall–Kier alpha value is -2.62. The van der Waals surface area contributed by atoms with Crippen molar-refractivity contribution in [2.45, 2.75) is 69.8 Å². The van der Waals surface area contributed by atoms with Crippen LogP contribution in [0.2, 0.25) is 0 Å². The molecule has 0 amide bonds. The molecule has 0 bridgehead atoms. The summed E-state index contributed by atoms with van der Waals surface area (Å²) in [5, 5.41) is 0. The molecule has 6 atom stereocenters. The molecule has 6 rings (SSSR count). The average molecular weight is 533 g/mol. The highest BCUT2D eigenvalue weighted by Crippen LogP contribution is 2.50. The quantitative estimate of drug-likeness (QED) is 0.355. The normalized spacial score (nSPS) is 31.1. The second kappa shape index (κ2) is 11.5. The van der Waals surface area contributed by atoms with Gasteiger partial charge in [-0.3, -0.25) is 0 Å². The van der Waals surface area contributed by atoms with Crippen molar-refractivity contribution in [3.8, 4) is 0 Å². The van der Waals surface area contributed by atoms with Gasteiger partial charge in [0.05, 0.1) is 39.1 Å². The monoisotopic (exact) mass is 532 g/mol. The van der Waals surface area contributed by atoms with Gasteiger partial charge in [0.25, 0.3) is 0 Å². The number of fused-ring (bicyclic) bond motifs is 3. The predicted octanol–water partition coefficient (Wildman–Crippen LogP) is 5.22. The molecule has 0 unspecified atom stereocenters. The molecule has 0 N–H and O–H groups in total. The Morgan fingerprint density at radius 3 is 1.95 bits per heavy atom. The smallest absolute Gasteiger partial charge is 0.230 e. The van der Waals surface area contributed by atoms with Crippen molar-refractivity contribution in [2.75, 3.05) is 13.2 Å². The fraction of sp³-hybridized carbons (Fsp3) is 0.438. The first-order chi connectivity index (χ1) is 19.0. The third-order valence-electron chi connectivity index (χ3n) is 7.45. The largest absolute Gasteiger partial charge is 0.376 e. The lowest BCUT2D eigenvalue weighted by molar-refractivity contribution is -0.362. The van der Waals surface area contributed by atoms with E-state index in [9.17, 15) is 0 Å². The second-order valence-electron chi connectivity index (χ2n) is 10.8. The maximum absolute atomic E-state index is 6.62. The molecule has 3 saturated heterocycles. The van der Waals surface area contributed by atoms with Gasteiger partial charge in [-0.05, 0) is 30.5 Å². The number of hydrogen-bond acceptors (Lipinski definition) is 7. The topological polar surface area (TPSA) is 64.6 Å². The first-order valence-corrected chi connectivity index (χ1v) is 13.6. The van der Waals surface area contributed by atoms with Gasteiger partial charge in [-0.25, -0.2) is 0 Å². The van der Waals surface area contributed by atoms with Crippen LogP contribution in [0.3, 0.4) is 0 Å². The van der Waals surface area contributed by atoms with Crippen LogP contribution >= 0.6 is 0 Å². The van der Waals surface area contributed by atoms with Crippen molar-refractivity contribution in [1.82, 2.24) is 0 Å². The lowest BCUT2D eigenvalue weighted by Crippen LogP contribution is -2.63. The second-order valence-corrected chi connectivity index (χ2v) is 10.8. The third-order valence-corrected chi connectivity index (χ3v) is 7.45. The third kappa shape index (κ3) is 5.81. The van der Waals surface area contributed by atoms with Crippen molar-refractivity contribution in [2.24, 2.45) is 5.92 Å². The minimum Gasteiger partial charge on any atom is -0.376 e. The van der Waals surface area contributed by atoms with E-state index < -0.39 is 30.1 Å². The van der Waals surface area contributed by atoms with Gasteiger partial charge >= 0.3 is 0 Å². The van der Waals surface area contributed by atoms with E-state index >= 15 is 0 Å². The molecule has 0 aliphatic carbocycles. The molecule has 7 heteroatoms. The zero-order valence-electron chi connectivity index (χ0n) is 22.4. The van der Waals surface area contributed by atoms with Crippen LogP contribution in [0.5, 0.6) is 0 Å². The number of rotatable bonds is 10. The van der Waals surface area contributed by atoms with Crippen LogP contribution in [-0.4, -0.2) is 49.4 Å². The van der Waals surface area contributed by atoms with Gasteiger partial charge in [-0.1, -0.05) is 91.0 Å². The van der Waals surface area contributed by atoms with Crippen LogP contribution in [-0.2, 0) is 53.0 Å². The highest BCUT2D eigenvalue weighted by atomic mass is 16.9. The summed E-state index contributed by atoms with van der Waals surface area (Å²) < 4.78 is 45.0. The molecule has 0 spiro atoms. The molecular formula is C32H36O7. The molecule has 0 radical (unpaired) electrons.